The molecule has 20 heavy (non-hydrogen) atoms. The fourth-order valence-corrected chi connectivity index (χ4v) is 3.55. The smallest absolute Gasteiger partial charge is 0.303 e. The number of carboxylic acids is 1. The minimum Gasteiger partial charge on any atom is -0.481 e. The second-order valence-electron chi connectivity index (χ2n) is 5.38. The third-order valence-corrected chi connectivity index (χ3v) is 5.42. The maximum absolute atomic E-state index is 12.1. The molecular formula is C13H23NO5S. The highest BCUT2D eigenvalue weighted by atomic mass is 32.2. The molecule has 2 atom stereocenters. The molecule has 2 unspecified atom stereocenters. The van der Waals surface area contributed by atoms with Gasteiger partial charge in [-0.25, -0.2) is 0 Å². The number of carbonyl (C=O) groups excluding carboxylic acids is 1. The first-order valence-corrected chi connectivity index (χ1v) is 8.14. The Labute approximate surface area is 121 Å². The number of hydrogen-bond acceptors (Lipinski definition) is 4. The summed E-state index contributed by atoms with van der Waals surface area (Å²) in [7, 11) is 0.262. The highest BCUT2D eigenvalue weighted by molar-refractivity contribution is 7.86. The van der Waals surface area contributed by atoms with E-state index in [-0.39, 0.29) is 17.7 Å². The van der Waals surface area contributed by atoms with Crippen molar-refractivity contribution in [2.75, 3.05) is 26.0 Å². The predicted octanol–water partition coefficient (Wildman–Crippen LogP) is 0.531. The summed E-state index contributed by atoms with van der Waals surface area (Å²) in [5.41, 5.74) is -0.346. The summed E-state index contributed by atoms with van der Waals surface area (Å²) in [6.45, 7) is 2.69. The van der Waals surface area contributed by atoms with Crippen LogP contribution >= 0.6 is 0 Å². The molecule has 1 rings (SSSR count). The Morgan fingerprint density at radius 1 is 1.45 bits per heavy atom. The van der Waals surface area contributed by atoms with Crippen molar-refractivity contribution < 1.29 is 23.6 Å². The lowest BCUT2D eigenvalue weighted by molar-refractivity contribution is -0.138. The molecule has 0 aromatic carbocycles. The van der Waals surface area contributed by atoms with Gasteiger partial charge in [-0.3, -0.25) is 13.8 Å². The lowest BCUT2D eigenvalue weighted by Gasteiger charge is -2.16. The van der Waals surface area contributed by atoms with Crippen LogP contribution in [0.5, 0.6) is 0 Å². The molecule has 0 aromatic heterocycles. The molecule has 116 valence electrons. The van der Waals surface area contributed by atoms with Crippen LogP contribution in [-0.4, -0.2) is 52.5 Å². The first kappa shape index (κ1) is 17.1. The van der Waals surface area contributed by atoms with Crippen LogP contribution in [0.15, 0.2) is 0 Å². The molecule has 0 bridgehead atoms. The zero-order valence-electron chi connectivity index (χ0n) is 12.0. The summed E-state index contributed by atoms with van der Waals surface area (Å²) in [5, 5.41) is 10.9. The SMILES string of the molecule is COCCCNC(=O)C(C)S(=O)CC1(CC(=O)O)CC1. The molecule has 1 fully saturated rings. The Hall–Kier alpha value is -0.950. The topological polar surface area (TPSA) is 92.7 Å². The van der Waals surface area contributed by atoms with Crippen molar-refractivity contribution in [3.8, 4) is 0 Å². The summed E-state index contributed by atoms with van der Waals surface area (Å²) in [6, 6.07) is 0. The third kappa shape index (κ3) is 5.58. The Kier molecular flexibility index (Phi) is 6.61. The number of rotatable bonds is 10. The van der Waals surface area contributed by atoms with E-state index in [0.29, 0.717) is 25.3 Å². The van der Waals surface area contributed by atoms with Crippen molar-refractivity contribution in [3.05, 3.63) is 0 Å². The van der Waals surface area contributed by atoms with Crippen LogP contribution in [-0.2, 0) is 25.1 Å². The Balaban J connectivity index is 2.35. The maximum Gasteiger partial charge on any atom is 0.303 e. The highest BCUT2D eigenvalue weighted by Crippen LogP contribution is 2.49. The molecule has 0 radical (unpaired) electrons. The van der Waals surface area contributed by atoms with Crippen molar-refractivity contribution in [2.24, 2.45) is 5.41 Å². The largest absolute Gasteiger partial charge is 0.481 e. The third-order valence-electron chi connectivity index (χ3n) is 3.52. The van der Waals surface area contributed by atoms with E-state index in [2.05, 4.69) is 5.32 Å². The minimum atomic E-state index is -1.33. The first-order valence-electron chi connectivity index (χ1n) is 6.76. The summed E-state index contributed by atoms with van der Waals surface area (Å²) >= 11 is 0. The van der Waals surface area contributed by atoms with Gasteiger partial charge in [-0.15, -0.1) is 0 Å². The van der Waals surface area contributed by atoms with Gasteiger partial charge in [0.1, 0.15) is 5.25 Å². The van der Waals surface area contributed by atoms with Gasteiger partial charge < -0.3 is 15.2 Å². The average Bonchev–Trinajstić information content (AvgIpc) is 3.11. The van der Waals surface area contributed by atoms with Crippen molar-refractivity contribution in [3.63, 3.8) is 0 Å². The van der Waals surface area contributed by atoms with Gasteiger partial charge in [-0.1, -0.05) is 0 Å². The summed E-state index contributed by atoms with van der Waals surface area (Å²) in [4.78, 5) is 22.6. The lowest BCUT2D eigenvalue weighted by atomic mass is 10.1. The lowest BCUT2D eigenvalue weighted by Crippen LogP contribution is -2.38. The summed E-state index contributed by atoms with van der Waals surface area (Å²) < 4.78 is 17.0. The number of methoxy groups -OCH3 is 1. The van der Waals surface area contributed by atoms with Crippen molar-refractivity contribution in [2.45, 2.75) is 37.9 Å². The van der Waals surface area contributed by atoms with E-state index >= 15 is 0 Å². The van der Waals surface area contributed by atoms with E-state index < -0.39 is 22.0 Å². The van der Waals surface area contributed by atoms with Crippen LogP contribution in [0.25, 0.3) is 0 Å². The van der Waals surface area contributed by atoms with Crippen LogP contribution in [0, 0.1) is 5.41 Å². The molecular weight excluding hydrogens is 282 g/mol. The summed E-state index contributed by atoms with van der Waals surface area (Å²) in [5.74, 6) is -0.812. The van der Waals surface area contributed by atoms with E-state index in [9.17, 15) is 13.8 Å². The number of carbonyl (C=O) groups is 2. The summed E-state index contributed by atoms with van der Waals surface area (Å²) in [6.07, 6.45) is 2.33. The van der Waals surface area contributed by atoms with Gasteiger partial charge >= 0.3 is 5.97 Å². The van der Waals surface area contributed by atoms with Gasteiger partial charge in [0, 0.05) is 36.8 Å². The Bertz CT molecular complexity index is 381. The van der Waals surface area contributed by atoms with Gasteiger partial charge in [0.25, 0.3) is 0 Å². The number of nitrogens with one attached hydrogen (secondary N) is 1. The van der Waals surface area contributed by atoms with E-state index in [1.54, 1.807) is 14.0 Å². The molecule has 1 aliphatic rings. The molecule has 1 amide bonds. The van der Waals surface area contributed by atoms with Gasteiger partial charge in [-0.2, -0.15) is 0 Å². The monoisotopic (exact) mass is 305 g/mol. The van der Waals surface area contributed by atoms with Crippen LogP contribution in [0.2, 0.25) is 0 Å². The van der Waals surface area contributed by atoms with Gasteiger partial charge in [0.15, 0.2) is 0 Å². The second kappa shape index (κ2) is 7.73. The highest BCUT2D eigenvalue weighted by Gasteiger charge is 2.46. The van der Waals surface area contributed by atoms with Gasteiger partial charge in [-0.05, 0) is 31.6 Å². The fraction of sp³-hybridized carbons (Fsp3) is 0.846. The average molecular weight is 305 g/mol. The number of ether oxygens (including phenoxy) is 1. The molecule has 0 aromatic rings. The minimum absolute atomic E-state index is 0.0426. The van der Waals surface area contributed by atoms with E-state index in [1.807, 2.05) is 0 Å². The zero-order valence-corrected chi connectivity index (χ0v) is 12.8. The molecule has 6 nitrogen and oxygen atoms in total. The van der Waals surface area contributed by atoms with Crippen molar-refractivity contribution in [1.29, 1.82) is 0 Å². The molecule has 0 aliphatic heterocycles. The molecule has 0 heterocycles. The maximum atomic E-state index is 12.1. The van der Waals surface area contributed by atoms with Crippen molar-refractivity contribution in [1.82, 2.24) is 5.32 Å². The van der Waals surface area contributed by atoms with Crippen LogP contribution in [0.1, 0.15) is 32.6 Å². The number of amides is 1. The quantitative estimate of drug-likeness (QED) is 0.574. The molecule has 0 saturated heterocycles. The van der Waals surface area contributed by atoms with Crippen molar-refractivity contribution >= 4 is 22.7 Å². The molecule has 0 spiro atoms. The standard InChI is InChI=1S/C13H23NO5S/c1-10(12(17)14-6-3-7-19-2)20(18)9-13(4-5-13)8-11(15)16/h10H,3-9H2,1-2H3,(H,14,17)(H,15,16). The fourth-order valence-electron chi connectivity index (χ4n) is 1.99. The van der Waals surface area contributed by atoms with E-state index in [1.165, 1.54) is 0 Å². The molecule has 2 N–H and O–H groups in total. The number of carboxylic acid groups (broad SMARTS) is 1. The number of hydrogen-bond donors (Lipinski definition) is 2. The first-order chi connectivity index (χ1) is 9.40. The van der Waals surface area contributed by atoms with Crippen LogP contribution in [0.4, 0.5) is 0 Å². The Morgan fingerprint density at radius 3 is 2.60 bits per heavy atom. The second-order valence-corrected chi connectivity index (χ2v) is 7.13. The molecule has 1 aliphatic carbocycles. The van der Waals surface area contributed by atoms with Crippen LogP contribution < -0.4 is 5.32 Å². The van der Waals surface area contributed by atoms with E-state index in [0.717, 1.165) is 12.8 Å². The zero-order chi connectivity index (χ0) is 15.2. The van der Waals surface area contributed by atoms with Gasteiger partial charge in [0.05, 0.1) is 6.42 Å². The van der Waals surface area contributed by atoms with E-state index in [4.69, 9.17) is 9.84 Å². The predicted molar refractivity (Wildman–Crippen MR) is 75.9 cm³/mol. The Morgan fingerprint density at radius 2 is 2.10 bits per heavy atom. The molecule has 7 heteroatoms. The normalized spacial score (nSPS) is 19.1. The molecule has 1 saturated carbocycles. The van der Waals surface area contributed by atoms with Gasteiger partial charge in [0.2, 0.25) is 5.91 Å². The van der Waals surface area contributed by atoms with Crippen LogP contribution in [0.3, 0.4) is 0 Å². The number of aliphatic carboxylic acids is 1.